The molecule has 0 radical (unpaired) electrons. The van der Waals surface area contributed by atoms with E-state index < -0.39 is 33.3 Å². The van der Waals surface area contributed by atoms with Gasteiger partial charge in [0.25, 0.3) is 5.52 Å². The van der Waals surface area contributed by atoms with Crippen LogP contribution in [0.15, 0.2) is 92.0 Å². The summed E-state index contributed by atoms with van der Waals surface area (Å²) in [6.45, 7) is -0.344. The van der Waals surface area contributed by atoms with Gasteiger partial charge in [-0.3, -0.25) is 14.3 Å². The molecule has 0 aliphatic heterocycles. The Hall–Kier alpha value is -8.49. The van der Waals surface area contributed by atoms with Crippen LogP contribution >= 0.6 is 0 Å². The Morgan fingerprint density at radius 3 is 2.00 bits per heavy atom. The fourth-order valence-corrected chi connectivity index (χ4v) is 9.15. The summed E-state index contributed by atoms with van der Waals surface area (Å²) in [7, 11) is 7.31. The zero-order valence-electron chi connectivity index (χ0n) is 40.7. The van der Waals surface area contributed by atoms with Crippen molar-refractivity contribution in [3.05, 3.63) is 115 Å². The highest BCUT2D eigenvalue weighted by Crippen LogP contribution is 2.41. The van der Waals surface area contributed by atoms with Gasteiger partial charge >= 0.3 is 10.2 Å². The molecule has 7 aromatic heterocycles. The minimum atomic E-state index is -4.51. The number of rotatable bonds is 19. The average Bonchev–Trinajstić information content (AvgIpc) is 4.18. The highest BCUT2D eigenvalue weighted by Gasteiger charge is 2.32. The van der Waals surface area contributed by atoms with E-state index >= 15 is 13.2 Å². The van der Waals surface area contributed by atoms with Gasteiger partial charge in [-0.1, -0.05) is 0 Å². The minimum Gasteiger partial charge on any atom is -0.497 e. The molecule has 0 bridgehead atoms. The van der Waals surface area contributed by atoms with Crippen LogP contribution in [0.4, 0.5) is 36.2 Å². The van der Waals surface area contributed by atoms with Gasteiger partial charge in [0.2, 0.25) is 12.3 Å². The zero-order valence-corrected chi connectivity index (χ0v) is 41.5. The first-order valence-corrected chi connectivity index (χ1v) is 23.6. The van der Waals surface area contributed by atoms with Crippen LogP contribution in [0.5, 0.6) is 23.0 Å². The van der Waals surface area contributed by atoms with Crippen LogP contribution in [0.25, 0.3) is 44.8 Å². The highest BCUT2D eigenvalue weighted by atomic mass is 32.2. The summed E-state index contributed by atoms with van der Waals surface area (Å²) in [6.07, 6.45) is 12.5. The largest absolute Gasteiger partial charge is 0.497 e. The van der Waals surface area contributed by atoms with E-state index in [2.05, 4.69) is 25.5 Å². The number of imidazole rings is 1. The summed E-state index contributed by atoms with van der Waals surface area (Å²) in [5.74, 6) is -2.91. The second kappa shape index (κ2) is 20.3. The van der Waals surface area contributed by atoms with Gasteiger partial charge in [-0.05, 0) is 25.2 Å². The number of benzene rings is 2. The molecule has 0 aliphatic carbocycles. The number of pyridine rings is 2. The molecular formula is C47H48F3N16O6S+. The Balaban J connectivity index is 1.11. The third-order valence-corrected chi connectivity index (χ3v) is 13.5. The van der Waals surface area contributed by atoms with Crippen LogP contribution in [-0.4, -0.2) is 122 Å². The molecule has 0 fully saturated rings. The van der Waals surface area contributed by atoms with Crippen molar-refractivity contribution in [2.75, 3.05) is 65.4 Å². The zero-order chi connectivity index (χ0) is 51.7. The van der Waals surface area contributed by atoms with Crippen LogP contribution in [-0.2, 0) is 37.5 Å². The van der Waals surface area contributed by atoms with Gasteiger partial charge in [-0.25, -0.2) is 42.1 Å². The predicted molar refractivity (Wildman–Crippen MR) is 262 cm³/mol. The standard InChI is InChI=1S/C47H48F3N16O6S/c1-51-13-15-64(45-43(49)37(71-7)19-38(72-8)44(45)50)39-12-10-34-47(59-39)57-33(29-21-55-61(3)24-29)25-63(34)27-62(4)73(67,68)66-16-14-52-41(66)26-65(35-17-30(69-5)18-36(70-6)42(35)48)40-11-9-31-46(58-40)56-32(22-53-31)28-20-54-60(2)23-28/h9-12,14,16-25,51H,13,15,26-27H2,1-8H3/q+1. The van der Waals surface area contributed by atoms with Crippen molar-refractivity contribution in [3.8, 4) is 45.5 Å². The molecular weight excluding hydrogens is 974 g/mol. The molecule has 22 nitrogen and oxygen atoms in total. The van der Waals surface area contributed by atoms with E-state index in [1.807, 2.05) is 0 Å². The normalized spacial score (nSPS) is 11.7. The lowest BCUT2D eigenvalue weighted by Gasteiger charge is -2.26. The number of halogens is 3. The quantitative estimate of drug-likeness (QED) is 0.105. The second-order valence-corrected chi connectivity index (χ2v) is 18.2. The summed E-state index contributed by atoms with van der Waals surface area (Å²) in [5.41, 5.74) is 2.68. The Bertz CT molecular complexity index is 3600. The maximum atomic E-state index is 16.5. The smallest absolute Gasteiger partial charge is 0.313 e. The molecule has 9 aromatic rings. The second-order valence-electron chi connectivity index (χ2n) is 16.3. The van der Waals surface area contributed by atoms with Crippen molar-refractivity contribution in [1.82, 2.24) is 63.1 Å². The molecule has 7 heterocycles. The van der Waals surface area contributed by atoms with Crippen LogP contribution < -0.4 is 38.6 Å². The SMILES string of the molecule is CNCCN(c1ccc2c(nc(-c3cnn(C)c3)c[n+]2CN(C)S(=O)(=O)n2ccnc2CN(c2ccc3ncc(-c4cnn(C)c4)nc3n2)c2cc(OC)cc(OC)c2F)n1)c1c(F)c(OC)cc(OC)c1F. The average molecular weight is 1020 g/mol. The number of fused-ring (bicyclic) bond motifs is 2. The number of ether oxygens (including phenoxy) is 4. The maximum absolute atomic E-state index is 16.5. The molecule has 0 spiro atoms. The molecule has 378 valence electrons. The van der Waals surface area contributed by atoms with Crippen LogP contribution in [0.3, 0.4) is 0 Å². The summed E-state index contributed by atoms with van der Waals surface area (Å²) in [4.78, 5) is 30.9. The monoisotopic (exact) mass is 1020 g/mol. The van der Waals surface area contributed by atoms with Crippen molar-refractivity contribution >= 4 is 55.5 Å². The van der Waals surface area contributed by atoms with Crippen molar-refractivity contribution in [3.63, 3.8) is 0 Å². The predicted octanol–water partition coefficient (Wildman–Crippen LogP) is 5.08. The topological polar surface area (TPSA) is 215 Å². The van der Waals surface area contributed by atoms with E-state index in [0.29, 0.717) is 33.5 Å². The molecule has 2 aromatic carbocycles. The molecule has 0 saturated carbocycles. The first kappa shape index (κ1) is 49.5. The number of nitrogens with zero attached hydrogens (tertiary/aromatic N) is 15. The number of aromatic nitrogens is 12. The number of aryl methyl sites for hydroxylation is 2. The van der Waals surface area contributed by atoms with Gasteiger partial charge in [0, 0.05) is 94.4 Å². The van der Waals surface area contributed by atoms with Gasteiger partial charge in [-0.2, -0.15) is 23.2 Å². The van der Waals surface area contributed by atoms with Crippen molar-refractivity contribution < 1.29 is 45.1 Å². The molecule has 0 saturated heterocycles. The van der Waals surface area contributed by atoms with Gasteiger partial charge in [0.1, 0.15) is 40.1 Å². The fourth-order valence-electron chi connectivity index (χ4n) is 8.00. The third kappa shape index (κ3) is 9.56. The van der Waals surface area contributed by atoms with Gasteiger partial charge in [-0.15, -0.1) is 4.31 Å². The Kier molecular flexibility index (Phi) is 13.8. The van der Waals surface area contributed by atoms with Crippen molar-refractivity contribution in [2.45, 2.75) is 13.2 Å². The van der Waals surface area contributed by atoms with E-state index in [-0.39, 0.29) is 83.7 Å². The van der Waals surface area contributed by atoms with Crippen LogP contribution in [0.1, 0.15) is 5.82 Å². The van der Waals surface area contributed by atoms with Crippen LogP contribution in [0, 0.1) is 17.5 Å². The van der Waals surface area contributed by atoms with Crippen LogP contribution in [0.2, 0.25) is 0 Å². The number of methoxy groups -OCH3 is 4. The molecule has 1 N–H and O–H groups in total. The summed E-state index contributed by atoms with van der Waals surface area (Å²) in [5, 5.41) is 11.5. The molecule has 0 aliphatic rings. The van der Waals surface area contributed by atoms with E-state index in [1.54, 1.807) is 96.5 Å². The molecule has 26 heteroatoms. The van der Waals surface area contributed by atoms with Gasteiger partial charge in [0.05, 0.1) is 65.0 Å². The lowest BCUT2D eigenvalue weighted by atomic mass is 10.2. The fraction of sp³-hybridized carbons (Fsp3) is 0.255. The Labute approximate surface area is 416 Å². The number of hydrogen-bond donors (Lipinski definition) is 1. The molecule has 0 atom stereocenters. The van der Waals surface area contributed by atoms with Crippen molar-refractivity contribution in [1.29, 1.82) is 0 Å². The summed E-state index contributed by atoms with van der Waals surface area (Å²) in [6, 6.07) is 10.4. The maximum Gasteiger partial charge on any atom is 0.313 e. The van der Waals surface area contributed by atoms with Gasteiger partial charge in [0.15, 0.2) is 46.5 Å². The number of anilines is 4. The molecule has 73 heavy (non-hydrogen) atoms. The van der Waals surface area contributed by atoms with Crippen molar-refractivity contribution in [2.24, 2.45) is 14.1 Å². The molecule has 0 amide bonds. The molecule has 9 rings (SSSR count). The summed E-state index contributed by atoms with van der Waals surface area (Å²) >= 11 is 0. The number of likely N-dealkylation sites (N-methyl/N-ethyl adjacent to an activating group) is 1. The lowest BCUT2D eigenvalue weighted by molar-refractivity contribution is -0.685. The van der Waals surface area contributed by atoms with E-state index in [1.165, 1.54) is 69.8 Å². The van der Waals surface area contributed by atoms with E-state index in [4.69, 9.17) is 38.9 Å². The lowest BCUT2D eigenvalue weighted by Crippen LogP contribution is -2.47. The first-order valence-electron chi connectivity index (χ1n) is 22.2. The molecule has 0 unspecified atom stereocenters. The first-order chi connectivity index (χ1) is 35.1. The Morgan fingerprint density at radius 1 is 0.726 bits per heavy atom. The number of hydrogen-bond acceptors (Lipinski definition) is 17. The highest BCUT2D eigenvalue weighted by molar-refractivity contribution is 7.87. The van der Waals surface area contributed by atoms with Gasteiger partial charge < -0.3 is 34.1 Å². The minimum absolute atomic E-state index is 0.0348. The van der Waals surface area contributed by atoms with E-state index in [0.717, 1.165) is 14.3 Å². The summed E-state index contributed by atoms with van der Waals surface area (Å²) < 4.78 is 107. The third-order valence-electron chi connectivity index (χ3n) is 11.7. The Morgan fingerprint density at radius 2 is 1.36 bits per heavy atom. The van der Waals surface area contributed by atoms with E-state index in [9.17, 15) is 8.42 Å². The number of nitrogens with one attached hydrogen (secondary N) is 1.